The van der Waals surface area contributed by atoms with Crippen LogP contribution in [0.25, 0.3) is 11.2 Å². The lowest BCUT2D eigenvalue weighted by molar-refractivity contribution is 0.423. The second-order valence-electron chi connectivity index (χ2n) is 6.08. The van der Waals surface area contributed by atoms with Gasteiger partial charge in [0, 0.05) is 13.1 Å². The molecule has 1 fully saturated rings. The third-order valence-electron chi connectivity index (χ3n) is 4.38. The molecule has 1 saturated carbocycles. The minimum absolute atomic E-state index is 0.0708. The smallest absolute Gasteiger partial charge is 0.158 e. The second-order valence-corrected chi connectivity index (χ2v) is 6.74. The van der Waals surface area contributed by atoms with Gasteiger partial charge in [-0.15, -0.1) is 11.6 Å². The molecule has 1 aliphatic rings. The molecule has 0 bridgehead atoms. The summed E-state index contributed by atoms with van der Waals surface area (Å²) in [5.41, 5.74) is 3.15. The van der Waals surface area contributed by atoms with Crippen molar-refractivity contribution in [1.82, 2.24) is 19.3 Å². The van der Waals surface area contributed by atoms with Gasteiger partial charge in [-0.25, -0.2) is 9.67 Å². The zero-order chi connectivity index (χ0) is 14.4. The Hall–Kier alpha value is -1.03. The first-order valence-corrected chi connectivity index (χ1v) is 8.04. The Morgan fingerprint density at radius 3 is 2.60 bits per heavy atom. The molecule has 5 heteroatoms. The first kappa shape index (κ1) is 13.9. The fraction of sp³-hybridized carbons (Fsp3) is 0.733. The number of fused-ring (bicyclic) bond motifs is 1. The maximum Gasteiger partial charge on any atom is 0.158 e. The first-order chi connectivity index (χ1) is 9.52. The van der Waals surface area contributed by atoms with Gasteiger partial charge in [0.2, 0.25) is 0 Å². The number of alkyl halides is 1. The summed E-state index contributed by atoms with van der Waals surface area (Å²) in [5, 5.41) is 4.52. The highest BCUT2D eigenvalue weighted by Crippen LogP contribution is 2.38. The lowest BCUT2D eigenvalue weighted by atomic mass is 10.1. The lowest BCUT2D eigenvalue weighted by Gasteiger charge is -2.16. The second kappa shape index (κ2) is 5.06. The molecule has 0 radical (unpaired) electrons. The van der Waals surface area contributed by atoms with Crippen LogP contribution < -0.4 is 0 Å². The van der Waals surface area contributed by atoms with Gasteiger partial charge in [0.15, 0.2) is 5.65 Å². The van der Waals surface area contributed by atoms with E-state index >= 15 is 0 Å². The van der Waals surface area contributed by atoms with E-state index in [-0.39, 0.29) is 5.38 Å². The van der Waals surface area contributed by atoms with E-state index in [1.165, 1.54) is 12.8 Å². The highest BCUT2D eigenvalue weighted by Gasteiger charge is 2.30. The first-order valence-electron chi connectivity index (χ1n) is 7.60. The molecule has 2 atom stereocenters. The highest BCUT2D eigenvalue weighted by atomic mass is 35.5. The number of rotatable bonds is 5. The van der Waals surface area contributed by atoms with E-state index < -0.39 is 0 Å². The third-order valence-corrected chi connectivity index (χ3v) is 4.58. The van der Waals surface area contributed by atoms with Gasteiger partial charge in [0.05, 0.1) is 11.1 Å². The summed E-state index contributed by atoms with van der Waals surface area (Å²) in [7, 11) is 0. The lowest BCUT2D eigenvalue weighted by Crippen LogP contribution is -2.15. The molecular weight excluding hydrogens is 272 g/mol. The Morgan fingerprint density at radius 2 is 2.05 bits per heavy atom. The molecule has 0 saturated heterocycles. The van der Waals surface area contributed by atoms with Gasteiger partial charge in [0.25, 0.3) is 0 Å². The number of halogens is 1. The van der Waals surface area contributed by atoms with Crippen LogP contribution in [0.1, 0.15) is 50.5 Å². The summed E-state index contributed by atoms with van der Waals surface area (Å²) in [6.45, 7) is 10.4. The molecule has 110 valence electrons. The monoisotopic (exact) mass is 294 g/mol. The van der Waals surface area contributed by atoms with Crippen LogP contribution in [0.5, 0.6) is 0 Å². The number of hydrogen-bond donors (Lipinski definition) is 0. The minimum atomic E-state index is -0.0708. The molecule has 3 rings (SSSR count). The summed E-state index contributed by atoms with van der Waals surface area (Å²) >= 11 is 6.35. The van der Waals surface area contributed by atoms with Crippen LogP contribution in [0.15, 0.2) is 0 Å². The van der Waals surface area contributed by atoms with Gasteiger partial charge in [-0.3, -0.25) is 0 Å². The molecule has 2 aromatic heterocycles. The average Bonchev–Trinajstić information content (AvgIpc) is 3.11. The van der Waals surface area contributed by atoms with Crippen molar-refractivity contribution in [2.45, 2.75) is 59.0 Å². The summed E-state index contributed by atoms with van der Waals surface area (Å²) in [6, 6.07) is 0. The quantitative estimate of drug-likeness (QED) is 0.784. The summed E-state index contributed by atoms with van der Waals surface area (Å²) in [5.74, 6) is 2.55. The Kier molecular flexibility index (Phi) is 3.53. The van der Waals surface area contributed by atoms with Crippen molar-refractivity contribution in [3.8, 4) is 0 Å². The van der Waals surface area contributed by atoms with Crippen molar-refractivity contribution in [3.63, 3.8) is 0 Å². The van der Waals surface area contributed by atoms with Crippen molar-refractivity contribution < 1.29 is 0 Å². The fourth-order valence-electron chi connectivity index (χ4n) is 3.05. The van der Waals surface area contributed by atoms with Crippen molar-refractivity contribution >= 4 is 22.8 Å². The van der Waals surface area contributed by atoms with Gasteiger partial charge in [0.1, 0.15) is 11.3 Å². The molecule has 0 aromatic carbocycles. The van der Waals surface area contributed by atoms with Gasteiger partial charge < -0.3 is 4.57 Å². The van der Waals surface area contributed by atoms with E-state index in [1.54, 1.807) is 0 Å². The van der Waals surface area contributed by atoms with Crippen molar-refractivity contribution in [2.75, 3.05) is 0 Å². The summed E-state index contributed by atoms with van der Waals surface area (Å²) in [6.07, 6.45) is 2.74. The van der Waals surface area contributed by atoms with E-state index in [0.717, 1.165) is 41.7 Å². The molecule has 1 aliphatic carbocycles. The molecule has 0 N–H and O–H groups in total. The number of hydrogen-bond acceptors (Lipinski definition) is 2. The predicted molar refractivity (Wildman–Crippen MR) is 82.1 cm³/mol. The van der Waals surface area contributed by atoms with E-state index in [1.807, 2.05) is 13.8 Å². The third kappa shape index (κ3) is 2.24. The SMILES string of the molecule is CCn1nc(C)c2nc(C(C)Cl)n(CC(C)C3CC3)c21. The van der Waals surface area contributed by atoms with E-state index in [4.69, 9.17) is 16.6 Å². The highest BCUT2D eigenvalue weighted by molar-refractivity contribution is 6.20. The molecule has 2 heterocycles. The van der Waals surface area contributed by atoms with Crippen LogP contribution in [-0.2, 0) is 13.1 Å². The number of nitrogens with zero attached hydrogens (tertiary/aromatic N) is 4. The van der Waals surface area contributed by atoms with Crippen LogP contribution in [0.2, 0.25) is 0 Å². The van der Waals surface area contributed by atoms with Crippen LogP contribution in [0.3, 0.4) is 0 Å². The number of imidazole rings is 1. The maximum atomic E-state index is 6.35. The van der Waals surface area contributed by atoms with Crippen molar-refractivity contribution in [3.05, 3.63) is 11.5 Å². The number of aryl methyl sites for hydroxylation is 2. The number of aromatic nitrogens is 4. The van der Waals surface area contributed by atoms with Crippen molar-refractivity contribution in [2.24, 2.45) is 11.8 Å². The zero-order valence-corrected chi connectivity index (χ0v) is 13.5. The van der Waals surface area contributed by atoms with Crippen LogP contribution in [-0.4, -0.2) is 19.3 Å². The largest absolute Gasteiger partial charge is 0.311 e. The predicted octanol–water partition coefficient (Wildman–Crippen LogP) is 3.91. The fourth-order valence-corrected chi connectivity index (χ4v) is 3.21. The molecular formula is C15H23ClN4. The molecule has 20 heavy (non-hydrogen) atoms. The topological polar surface area (TPSA) is 35.6 Å². The molecule has 0 spiro atoms. The molecule has 2 unspecified atom stereocenters. The maximum absolute atomic E-state index is 6.35. The average molecular weight is 295 g/mol. The van der Waals surface area contributed by atoms with Gasteiger partial charge in [-0.1, -0.05) is 6.92 Å². The Morgan fingerprint density at radius 1 is 1.35 bits per heavy atom. The summed E-state index contributed by atoms with van der Waals surface area (Å²) < 4.78 is 4.36. The van der Waals surface area contributed by atoms with Gasteiger partial charge in [-0.2, -0.15) is 5.10 Å². The van der Waals surface area contributed by atoms with Crippen molar-refractivity contribution in [1.29, 1.82) is 0 Å². The van der Waals surface area contributed by atoms with E-state index in [0.29, 0.717) is 5.92 Å². The van der Waals surface area contributed by atoms with E-state index in [2.05, 4.69) is 28.2 Å². The summed E-state index contributed by atoms with van der Waals surface area (Å²) in [4.78, 5) is 4.76. The van der Waals surface area contributed by atoms with E-state index in [9.17, 15) is 0 Å². The van der Waals surface area contributed by atoms with Gasteiger partial charge in [-0.05, 0) is 45.4 Å². The van der Waals surface area contributed by atoms with Crippen LogP contribution in [0, 0.1) is 18.8 Å². The molecule has 0 aliphatic heterocycles. The normalized spacial score (nSPS) is 18.6. The standard InChI is InChI=1S/C15H23ClN4/c1-5-20-15-13(11(4)18-20)17-14(10(3)16)19(15)8-9(2)12-6-7-12/h9-10,12H,5-8H2,1-4H3. The zero-order valence-electron chi connectivity index (χ0n) is 12.7. The van der Waals surface area contributed by atoms with Gasteiger partial charge >= 0.3 is 0 Å². The molecule has 0 amide bonds. The van der Waals surface area contributed by atoms with Crippen LogP contribution in [0.4, 0.5) is 0 Å². The Labute approximate surface area is 125 Å². The Bertz CT molecular complexity index is 621. The molecule has 2 aromatic rings. The Balaban J connectivity index is 2.11. The molecule has 4 nitrogen and oxygen atoms in total. The van der Waals surface area contributed by atoms with Crippen LogP contribution >= 0.6 is 11.6 Å². The minimum Gasteiger partial charge on any atom is -0.311 e.